The highest BCUT2D eigenvalue weighted by Crippen LogP contribution is 2.26. The van der Waals surface area contributed by atoms with Crippen molar-refractivity contribution in [1.82, 2.24) is 4.90 Å². The Hall–Kier alpha value is -0.180. The molecule has 72 valence electrons. The summed E-state index contributed by atoms with van der Waals surface area (Å²) in [5.41, 5.74) is 0. The zero-order valence-electron chi connectivity index (χ0n) is 7.82. The van der Waals surface area contributed by atoms with Gasteiger partial charge in [-0.05, 0) is 18.9 Å². The first kappa shape index (κ1) is 9.90. The highest BCUT2D eigenvalue weighted by atomic mass is 19.3. The Morgan fingerprint density at radius 3 is 2.58 bits per heavy atom. The van der Waals surface area contributed by atoms with E-state index in [0.29, 0.717) is 12.3 Å². The molecule has 0 aliphatic carbocycles. The minimum absolute atomic E-state index is 0.0365. The van der Waals surface area contributed by atoms with Crippen LogP contribution in [0.3, 0.4) is 0 Å². The summed E-state index contributed by atoms with van der Waals surface area (Å²) in [6, 6.07) is 0. The maximum Gasteiger partial charge on any atom is 0.260 e. The number of rotatable bonds is 2. The van der Waals surface area contributed by atoms with Crippen LogP contribution in [0.5, 0.6) is 0 Å². The van der Waals surface area contributed by atoms with E-state index in [0.717, 1.165) is 13.1 Å². The van der Waals surface area contributed by atoms with Crippen molar-refractivity contribution < 1.29 is 8.78 Å². The molecule has 0 bridgehead atoms. The third kappa shape index (κ3) is 3.05. The summed E-state index contributed by atoms with van der Waals surface area (Å²) in [6.45, 7) is 5.73. The minimum Gasteiger partial charge on any atom is -0.297 e. The minimum atomic E-state index is -2.44. The van der Waals surface area contributed by atoms with Crippen molar-refractivity contribution in [3.8, 4) is 0 Å². The zero-order valence-corrected chi connectivity index (χ0v) is 7.82. The van der Waals surface area contributed by atoms with E-state index < -0.39 is 5.92 Å². The molecule has 0 radical (unpaired) electrons. The first-order chi connectivity index (χ1) is 5.49. The molecule has 0 aromatic carbocycles. The molecule has 0 unspecified atom stereocenters. The zero-order chi connectivity index (χ0) is 9.19. The number of likely N-dealkylation sites (tertiary alicyclic amines) is 1. The summed E-state index contributed by atoms with van der Waals surface area (Å²) < 4.78 is 25.7. The number of alkyl halides is 2. The van der Waals surface area contributed by atoms with Gasteiger partial charge in [-0.3, -0.25) is 4.90 Å². The molecule has 1 aliphatic heterocycles. The largest absolute Gasteiger partial charge is 0.297 e. The summed E-state index contributed by atoms with van der Waals surface area (Å²) in [5.74, 6) is -1.95. The molecule has 0 atom stereocenters. The molecule has 1 saturated heterocycles. The SMILES string of the molecule is CC(C)CN1CCCC(F)(F)C1. The second-order valence-electron chi connectivity index (χ2n) is 4.09. The maximum absolute atomic E-state index is 12.9. The average Bonchev–Trinajstić information content (AvgIpc) is 1.82. The van der Waals surface area contributed by atoms with E-state index >= 15 is 0 Å². The Bertz CT molecular complexity index is 145. The molecule has 0 amide bonds. The molecule has 1 rings (SSSR count). The number of hydrogen-bond acceptors (Lipinski definition) is 1. The lowest BCUT2D eigenvalue weighted by Gasteiger charge is -2.33. The van der Waals surface area contributed by atoms with Crippen molar-refractivity contribution in [1.29, 1.82) is 0 Å². The van der Waals surface area contributed by atoms with Gasteiger partial charge in [-0.1, -0.05) is 13.8 Å². The molecule has 12 heavy (non-hydrogen) atoms. The highest BCUT2D eigenvalue weighted by Gasteiger charge is 2.34. The van der Waals surface area contributed by atoms with E-state index in [4.69, 9.17) is 0 Å². The molecule has 0 saturated carbocycles. The normalized spacial score (nSPS) is 24.8. The van der Waals surface area contributed by atoms with E-state index in [1.54, 1.807) is 0 Å². The van der Waals surface area contributed by atoms with Gasteiger partial charge in [0.2, 0.25) is 0 Å². The van der Waals surface area contributed by atoms with Gasteiger partial charge in [-0.2, -0.15) is 0 Å². The van der Waals surface area contributed by atoms with Gasteiger partial charge in [0, 0.05) is 13.0 Å². The van der Waals surface area contributed by atoms with Crippen LogP contribution in [-0.2, 0) is 0 Å². The lowest BCUT2D eigenvalue weighted by molar-refractivity contribution is -0.0660. The molecule has 0 spiro atoms. The van der Waals surface area contributed by atoms with Gasteiger partial charge in [-0.15, -0.1) is 0 Å². The molecule has 0 N–H and O–H groups in total. The second-order valence-corrected chi connectivity index (χ2v) is 4.09. The molecule has 0 aromatic heterocycles. The molecule has 1 heterocycles. The topological polar surface area (TPSA) is 3.24 Å². The van der Waals surface area contributed by atoms with Crippen LogP contribution in [-0.4, -0.2) is 30.5 Å². The molecule has 1 nitrogen and oxygen atoms in total. The Labute approximate surface area is 72.7 Å². The van der Waals surface area contributed by atoms with Gasteiger partial charge in [0.15, 0.2) is 0 Å². The van der Waals surface area contributed by atoms with Gasteiger partial charge in [0.1, 0.15) is 0 Å². The number of nitrogens with zero attached hydrogens (tertiary/aromatic N) is 1. The summed E-state index contributed by atoms with van der Waals surface area (Å²) in [7, 11) is 0. The summed E-state index contributed by atoms with van der Waals surface area (Å²) in [4.78, 5) is 1.87. The fourth-order valence-corrected chi connectivity index (χ4v) is 1.72. The average molecular weight is 177 g/mol. The van der Waals surface area contributed by atoms with Gasteiger partial charge in [0.05, 0.1) is 6.54 Å². The summed E-state index contributed by atoms with van der Waals surface area (Å²) >= 11 is 0. The first-order valence-electron chi connectivity index (χ1n) is 4.60. The van der Waals surface area contributed by atoms with Gasteiger partial charge >= 0.3 is 0 Å². The van der Waals surface area contributed by atoms with Crippen LogP contribution in [0.25, 0.3) is 0 Å². The van der Waals surface area contributed by atoms with E-state index in [1.807, 2.05) is 4.90 Å². The van der Waals surface area contributed by atoms with E-state index in [-0.39, 0.29) is 13.0 Å². The van der Waals surface area contributed by atoms with Gasteiger partial charge in [-0.25, -0.2) is 8.78 Å². The van der Waals surface area contributed by atoms with Crippen LogP contribution in [0.15, 0.2) is 0 Å². The van der Waals surface area contributed by atoms with Crippen molar-refractivity contribution in [2.45, 2.75) is 32.6 Å². The van der Waals surface area contributed by atoms with Crippen LogP contribution in [0.2, 0.25) is 0 Å². The number of piperidine rings is 1. The Morgan fingerprint density at radius 1 is 1.42 bits per heavy atom. The Morgan fingerprint density at radius 2 is 2.08 bits per heavy atom. The van der Waals surface area contributed by atoms with Crippen molar-refractivity contribution in [3.63, 3.8) is 0 Å². The second kappa shape index (κ2) is 3.69. The third-order valence-corrected chi connectivity index (χ3v) is 2.10. The quantitative estimate of drug-likeness (QED) is 0.626. The van der Waals surface area contributed by atoms with Crippen molar-refractivity contribution >= 4 is 0 Å². The smallest absolute Gasteiger partial charge is 0.260 e. The number of hydrogen-bond donors (Lipinski definition) is 0. The van der Waals surface area contributed by atoms with Crippen molar-refractivity contribution in [3.05, 3.63) is 0 Å². The predicted octanol–water partition coefficient (Wildman–Crippen LogP) is 2.37. The van der Waals surface area contributed by atoms with Crippen molar-refractivity contribution in [2.24, 2.45) is 5.92 Å². The lowest BCUT2D eigenvalue weighted by atomic mass is 10.1. The summed E-state index contributed by atoms with van der Waals surface area (Å²) in [5, 5.41) is 0. The van der Waals surface area contributed by atoms with Gasteiger partial charge < -0.3 is 0 Å². The molecule has 1 fully saturated rings. The Balaban J connectivity index is 2.36. The number of halogens is 2. The fourth-order valence-electron chi connectivity index (χ4n) is 1.72. The van der Waals surface area contributed by atoms with Gasteiger partial charge in [0.25, 0.3) is 5.92 Å². The van der Waals surface area contributed by atoms with Crippen molar-refractivity contribution in [2.75, 3.05) is 19.6 Å². The lowest BCUT2D eigenvalue weighted by Crippen LogP contribution is -2.43. The van der Waals surface area contributed by atoms with Crippen LogP contribution >= 0.6 is 0 Å². The highest BCUT2D eigenvalue weighted by molar-refractivity contribution is 4.78. The maximum atomic E-state index is 12.9. The van der Waals surface area contributed by atoms with E-state index in [9.17, 15) is 8.78 Å². The molecule has 3 heteroatoms. The van der Waals surface area contributed by atoms with Crippen LogP contribution in [0.4, 0.5) is 8.78 Å². The van der Waals surface area contributed by atoms with E-state index in [2.05, 4.69) is 13.8 Å². The van der Waals surface area contributed by atoms with Crippen LogP contribution in [0, 0.1) is 5.92 Å². The third-order valence-electron chi connectivity index (χ3n) is 2.10. The van der Waals surface area contributed by atoms with E-state index in [1.165, 1.54) is 0 Å². The Kier molecular flexibility index (Phi) is 3.04. The molecular weight excluding hydrogens is 160 g/mol. The summed E-state index contributed by atoms with van der Waals surface area (Å²) in [6.07, 6.45) is 0.710. The first-order valence-corrected chi connectivity index (χ1v) is 4.60. The molecular formula is C9H17F2N. The van der Waals surface area contributed by atoms with Crippen LogP contribution in [0.1, 0.15) is 26.7 Å². The molecule has 0 aromatic rings. The predicted molar refractivity (Wildman–Crippen MR) is 45.5 cm³/mol. The molecule has 1 aliphatic rings. The monoisotopic (exact) mass is 177 g/mol. The fraction of sp³-hybridized carbons (Fsp3) is 1.00. The van der Waals surface area contributed by atoms with Crippen LogP contribution < -0.4 is 0 Å². The standard InChI is InChI=1S/C9H17F2N/c1-8(2)6-12-5-3-4-9(10,11)7-12/h8H,3-7H2,1-2H3.